The molecule has 0 bridgehead atoms. The number of amides is 1. The van der Waals surface area contributed by atoms with Gasteiger partial charge in [0.1, 0.15) is 0 Å². The van der Waals surface area contributed by atoms with E-state index in [2.05, 4.69) is 24.2 Å². The zero-order chi connectivity index (χ0) is 12.1. The van der Waals surface area contributed by atoms with Gasteiger partial charge in [-0.3, -0.25) is 9.69 Å². The molecule has 1 rings (SSSR count). The molecule has 0 aliphatic heterocycles. The highest BCUT2D eigenvalue weighted by molar-refractivity contribution is 5.78. The van der Waals surface area contributed by atoms with Gasteiger partial charge in [0, 0.05) is 31.1 Å². The van der Waals surface area contributed by atoms with E-state index in [-0.39, 0.29) is 11.8 Å². The van der Waals surface area contributed by atoms with Crippen LogP contribution in [0.5, 0.6) is 0 Å². The summed E-state index contributed by atoms with van der Waals surface area (Å²) in [5, 5.41) is 2.99. The third-order valence-corrected chi connectivity index (χ3v) is 3.54. The fourth-order valence-corrected chi connectivity index (χ4v) is 1.84. The van der Waals surface area contributed by atoms with Crippen LogP contribution in [0.4, 0.5) is 0 Å². The number of likely N-dealkylation sites (N-methyl/N-ethyl adjacent to an activating group) is 1. The van der Waals surface area contributed by atoms with Gasteiger partial charge in [0.15, 0.2) is 0 Å². The normalized spacial score (nSPS) is 19.6. The lowest BCUT2D eigenvalue weighted by atomic mass is 10.1. The predicted octanol–water partition coefficient (Wildman–Crippen LogP) is 0.570. The highest BCUT2D eigenvalue weighted by Gasteiger charge is 2.29. The topological polar surface area (TPSA) is 58.4 Å². The van der Waals surface area contributed by atoms with Crippen molar-refractivity contribution in [2.75, 3.05) is 20.1 Å². The fourth-order valence-electron chi connectivity index (χ4n) is 1.84. The van der Waals surface area contributed by atoms with E-state index in [0.717, 1.165) is 19.0 Å². The van der Waals surface area contributed by atoms with E-state index in [1.165, 1.54) is 12.8 Å². The average molecular weight is 227 g/mol. The van der Waals surface area contributed by atoms with Crippen LogP contribution < -0.4 is 11.1 Å². The van der Waals surface area contributed by atoms with Gasteiger partial charge in [-0.1, -0.05) is 6.92 Å². The first-order valence-electron chi connectivity index (χ1n) is 6.29. The fraction of sp³-hybridized carbons (Fsp3) is 0.917. The van der Waals surface area contributed by atoms with Crippen molar-refractivity contribution in [1.29, 1.82) is 0 Å². The molecule has 2 unspecified atom stereocenters. The number of hydrogen-bond donors (Lipinski definition) is 2. The molecule has 0 aromatic carbocycles. The molecule has 1 saturated carbocycles. The van der Waals surface area contributed by atoms with Gasteiger partial charge in [-0.05, 0) is 33.2 Å². The lowest BCUT2D eigenvalue weighted by molar-refractivity contribution is -0.125. The van der Waals surface area contributed by atoms with E-state index in [4.69, 9.17) is 5.73 Å². The van der Waals surface area contributed by atoms with Crippen LogP contribution in [0.1, 0.15) is 33.1 Å². The maximum atomic E-state index is 11.7. The number of carbonyl (C=O) groups is 1. The lowest BCUT2D eigenvalue weighted by Gasteiger charge is -2.25. The maximum Gasteiger partial charge on any atom is 0.224 e. The second kappa shape index (κ2) is 6.21. The molecule has 4 nitrogen and oxygen atoms in total. The molecule has 0 saturated heterocycles. The van der Waals surface area contributed by atoms with Gasteiger partial charge >= 0.3 is 0 Å². The van der Waals surface area contributed by atoms with Gasteiger partial charge in [-0.25, -0.2) is 0 Å². The Kier molecular flexibility index (Phi) is 5.22. The van der Waals surface area contributed by atoms with Gasteiger partial charge in [0.25, 0.3) is 0 Å². The Labute approximate surface area is 98.6 Å². The van der Waals surface area contributed by atoms with Crippen LogP contribution in [0.2, 0.25) is 0 Å². The Bertz CT molecular complexity index is 224. The first-order valence-corrected chi connectivity index (χ1v) is 6.29. The van der Waals surface area contributed by atoms with Crippen LogP contribution in [0.15, 0.2) is 0 Å². The first kappa shape index (κ1) is 13.5. The van der Waals surface area contributed by atoms with Crippen molar-refractivity contribution in [3.05, 3.63) is 0 Å². The summed E-state index contributed by atoms with van der Waals surface area (Å²) in [6.45, 7) is 5.32. The summed E-state index contributed by atoms with van der Waals surface area (Å²) in [7, 11) is 2.13. The molecular formula is C12H25N3O. The number of hydrogen-bond acceptors (Lipinski definition) is 3. The van der Waals surface area contributed by atoms with Gasteiger partial charge < -0.3 is 11.1 Å². The van der Waals surface area contributed by atoms with E-state index >= 15 is 0 Å². The molecule has 0 aromatic rings. The van der Waals surface area contributed by atoms with Gasteiger partial charge in [-0.15, -0.1) is 0 Å². The highest BCUT2D eigenvalue weighted by Crippen LogP contribution is 2.26. The van der Waals surface area contributed by atoms with Crippen molar-refractivity contribution in [3.8, 4) is 0 Å². The molecular weight excluding hydrogens is 202 g/mol. The molecule has 1 fully saturated rings. The molecule has 0 spiro atoms. The summed E-state index contributed by atoms with van der Waals surface area (Å²) in [6, 6.07) is 1.15. The molecule has 1 amide bonds. The molecule has 4 heteroatoms. The van der Waals surface area contributed by atoms with Gasteiger partial charge in [0.2, 0.25) is 5.91 Å². The SMILES string of the molecule is CCC(CN)C(=O)NCC(C)N(C)C1CC1. The third-order valence-electron chi connectivity index (χ3n) is 3.54. The standard InChI is InChI=1S/C12H25N3O/c1-4-10(7-13)12(16)14-8-9(2)15(3)11-5-6-11/h9-11H,4-8,13H2,1-3H3,(H,14,16). The summed E-state index contributed by atoms with van der Waals surface area (Å²) < 4.78 is 0. The Hall–Kier alpha value is -0.610. The molecule has 0 aromatic heterocycles. The van der Waals surface area contributed by atoms with Crippen molar-refractivity contribution in [2.24, 2.45) is 11.7 Å². The Morgan fingerprint density at radius 1 is 1.56 bits per heavy atom. The second-order valence-corrected chi connectivity index (χ2v) is 4.83. The number of rotatable bonds is 7. The zero-order valence-electron chi connectivity index (χ0n) is 10.7. The smallest absolute Gasteiger partial charge is 0.224 e. The Morgan fingerprint density at radius 3 is 2.62 bits per heavy atom. The molecule has 94 valence electrons. The van der Waals surface area contributed by atoms with Crippen LogP contribution in [-0.2, 0) is 4.79 Å². The maximum absolute atomic E-state index is 11.7. The molecule has 1 aliphatic rings. The van der Waals surface area contributed by atoms with Crippen LogP contribution >= 0.6 is 0 Å². The largest absolute Gasteiger partial charge is 0.354 e. The summed E-state index contributed by atoms with van der Waals surface area (Å²) in [4.78, 5) is 14.1. The molecule has 2 atom stereocenters. The van der Waals surface area contributed by atoms with Crippen molar-refractivity contribution in [2.45, 2.75) is 45.2 Å². The first-order chi connectivity index (χ1) is 7.60. The Balaban J connectivity index is 2.24. The molecule has 1 aliphatic carbocycles. The molecule has 0 heterocycles. The van der Waals surface area contributed by atoms with E-state index in [9.17, 15) is 4.79 Å². The quantitative estimate of drug-likeness (QED) is 0.668. The minimum atomic E-state index is -0.0292. The summed E-state index contributed by atoms with van der Waals surface area (Å²) in [5.74, 6) is 0.0690. The van der Waals surface area contributed by atoms with E-state index in [1.54, 1.807) is 0 Å². The van der Waals surface area contributed by atoms with Crippen LogP contribution in [0.25, 0.3) is 0 Å². The van der Waals surface area contributed by atoms with E-state index < -0.39 is 0 Å². The van der Waals surface area contributed by atoms with Crippen LogP contribution in [0.3, 0.4) is 0 Å². The number of nitrogens with one attached hydrogen (secondary N) is 1. The van der Waals surface area contributed by atoms with Crippen molar-refractivity contribution >= 4 is 5.91 Å². The predicted molar refractivity (Wildman–Crippen MR) is 66.1 cm³/mol. The van der Waals surface area contributed by atoms with Gasteiger partial charge in [-0.2, -0.15) is 0 Å². The number of nitrogens with zero attached hydrogens (tertiary/aromatic N) is 1. The number of nitrogens with two attached hydrogens (primary N) is 1. The van der Waals surface area contributed by atoms with Crippen LogP contribution in [-0.4, -0.2) is 43.0 Å². The number of carbonyl (C=O) groups excluding carboxylic acids is 1. The lowest BCUT2D eigenvalue weighted by Crippen LogP contribution is -2.43. The summed E-state index contributed by atoms with van der Waals surface area (Å²) in [6.07, 6.45) is 3.42. The third kappa shape index (κ3) is 3.76. The summed E-state index contributed by atoms with van der Waals surface area (Å²) >= 11 is 0. The van der Waals surface area contributed by atoms with E-state index in [0.29, 0.717) is 12.6 Å². The van der Waals surface area contributed by atoms with Crippen molar-refractivity contribution in [3.63, 3.8) is 0 Å². The average Bonchev–Trinajstić information content (AvgIpc) is 3.10. The van der Waals surface area contributed by atoms with Crippen molar-refractivity contribution in [1.82, 2.24) is 10.2 Å². The summed E-state index contributed by atoms with van der Waals surface area (Å²) in [5.41, 5.74) is 5.54. The minimum Gasteiger partial charge on any atom is -0.354 e. The van der Waals surface area contributed by atoms with Crippen molar-refractivity contribution < 1.29 is 4.79 Å². The van der Waals surface area contributed by atoms with Crippen LogP contribution in [0, 0.1) is 5.92 Å². The Morgan fingerprint density at radius 2 is 2.19 bits per heavy atom. The minimum absolute atomic E-state index is 0.0292. The highest BCUT2D eigenvalue weighted by atomic mass is 16.1. The molecule has 16 heavy (non-hydrogen) atoms. The van der Waals surface area contributed by atoms with E-state index in [1.807, 2.05) is 6.92 Å². The van der Waals surface area contributed by atoms with Gasteiger partial charge in [0.05, 0.1) is 0 Å². The second-order valence-electron chi connectivity index (χ2n) is 4.83. The molecule has 3 N–H and O–H groups in total. The monoisotopic (exact) mass is 227 g/mol. The zero-order valence-corrected chi connectivity index (χ0v) is 10.7. The molecule has 0 radical (unpaired) electrons.